The number of piperidine rings is 1. The van der Waals surface area contributed by atoms with E-state index < -0.39 is 0 Å². The van der Waals surface area contributed by atoms with Gasteiger partial charge >= 0.3 is 6.03 Å². The monoisotopic (exact) mass is 304 g/mol. The number of nitrogens with zero attached hydrogens (tertiary/aromatic N) is 1. The van der Waals surface area contributed by atoms with Crippen LogP contribution >= 0.6 is 0 Å². The molecule has 1 N–H and O–H groups in total. The lowest BCUT2D eigenvalue weighted by molar-refractivity contribution is 0.140. The fourth-order valence-corrected chi connectivity index (χ4v) is 2.64. The van der Waals surface area contributed by atoms with Crippen LogP contribution in [0.3, 0.4) is 0 Å². The Morgan fingerprint density at radius 2 is 1.77 bits per heavy atom. The molecular weight excluding hydrogens is 276 g/mol. The number of urea groups is 1. The minimum absolute atomic E-state index is 0.0294. The minimum Gasteiger partial charge on any atom is -0.471 e. The number of ether oxygens (including phenoxy) is 1. The third-order valence-corrected chi connectivity index (χ3v) is 4.26. The zero-order valence-electron chi connectivity index (χ0n) is 14.1. The van der Waals surface area contributed by atoms with Gasteiger partial charge in [-0.2, -0.15) is 0 Å². The van der Waals surface area contributed by atoms with Crippen molar-refractivity contribution in [1.29, 1.82) is 0 Å². The number of amides is 2. The molecule has 1 aliphatic rings. The quantitative estimate of drug-likeness (QED) is 0.855. The van der Waals surface area contributed by atoms with Crippen LogP contribution in [0.5, 0.6) is 5.75 Å². The summed E-state index contributed by atoms with van der Waals surface area (Å²) >= 11 is 0. The molecule has 0 aliphatic carbocycles. The summed E-state index contributed by atoms with van der Waals surface area (Å²) in [5.74, 6) is 2.01. The molecular formula is C18H28N2O2. The van der Waals surface area contributed by atoms with E-state index in [9.17, 15) is 4.79 Å². The van der Waals surface area contributed by atoms with Crippen molar-refractivity contribution in [3.05, 3.63) is 29.8 Å². The highest BCUT2D eigenvalue weighted by Crippen LogP contribution is 2.19. The van der Waals surface area contributed by atoms with E-state index in [4.69, 9.17) is 4.74 Å². The Bertz CT molecular complexity index is 476. The van der Waals surface area contributed by atoms with Gasteiger partial charge in [0.25, 0.3) is 0 Å². The first-order chi connectivity index (χ1) is 10.5. The SMILES string of the molecule is CC1CCN(C(=O)NC(C)Oc2ccc(C(C)C)cc2)CC1. The van der Waals surface area contributed by atoms with Gasteiger partial charge in [-0.25, -0.2) is 4.79 Å². The lowest BCUT2D eigenvalue weighted by Gasteiger charge is -2.31. The standard InChI is InChI=1S/C18H28N2O2/c1-13(2)16-5-7-17(8-6-16)22-15(4)19-18(21)20-11-9-14(3)10-12-20/h5-8,13-15H,9-12H2,1-4H3,(H,19,21). The number of benzene rings is 1. The lowest BCUT2D eigenvalue weighted by atomic mass is 10.00. The van der Waals surface area contributed by atoms with Gasteiger partial charge < -0.3 is 15.0 Å². The second-order valence-corrected chi connectivity index (χ2v) is 6.60. The van der Waals surface area contributed by atoms with Crippen LogP contribution in [0, 0.1) is 5.92 Å². The number of hydrogen-bond acceptors (Lipinski definition) is 2. The molecule has 1 fully saturated rings. The number of carbonyl (C=O) groups is 1. The second-order valence-electron chi connectivity index (χ2n) is 6.60. The topological polar surface area (TPSA) is 41.6 Å². The molecule has 22 heavy (non-hydrogen) atoms. The highest BCUT2D eigenvalue weighted by atomic mass is 16.5. The minimum atomic E-state index is -0.336. The van der Waals surface area contributed by atoms with Crippen molar-refractivity contribution in [3.8, 4) is 5.75 Å². The Balaban J connectivity index is 1.81. The first kappa shape index (κ1) is 16.7. The number of carbonyl (C=O) groups excluding carboxylic acids is 1. The molecule has 1 aliphatic heterocycles. The van der Waals surface area contributed by atoms with Crippen molar-refractivity contribution in [3.63, 3.8) is 0 Å². The molecule has 4 nitrogen and oxygen atoms in total. The van der Waals surface area contributed by atoms with Crippen LogP contribution in [0.25, 0.3) is 0 Å². The van der Waals surface area contributed by atoms with Crippen molar-refractivity contribution in [2.24, 2.45) is 5.92 Å². The summed E-state index contributed by atoms with van der Waals surface area (Å²) in [6, 6.07) is 8.03. The molecule has 0 spiro atoms. The Hall–Kier alpha value is -1.71. The fraction of sp³-hybridized carbons (Fsp3) is 0.611. The van der Waals surface area contributed by atoms with E-state index in [1.807, 2.05) is 24.0 Å². The Morgan fingerprint density at radius 1 is 1.18 bits per heavy atom. The van der Waals surface area contributed by atoms with Crippen LogP contribution in [0.1, 0.15) is 52.0 Å². The summed E-state index contributed by atoms with van der Waals surface area (Å²) < 4.78 is 5.77. The summed E-state index contributed by atoms with van der Waals surface area (Å²) in [5.41, 5.74) is 1.28. The molecule has 0 radical (unpaired) electrons. The van der Waals surface area contributed by atoms with Crippen molar-refractivity contribution in [2.45, 2.75) is 52.7 Å². The average molecular weight is 304 g/mol. The van der Waals surface area contributed by atoms with Gasteiger partial charge in [-0.3, -0.25) is 0 Å². The number of likely N-dealkylation sites (tertiary alicyclic amines) is 1. The summed E-state index contributed by atoms with van der Waals surface area (Å²) in [4.78, 5) is 14.1. The Kier molecular flexibility index (Phi) is 5.69. The molecule has 0 saturated carbocycles. The highest BCUT2D eigenvalue weighted by molar-refractivity contribution is 5.74. The highest BCUT2D eigenvalue weighted by Gasteiger charge is 2.21. The Morgan fingerprint density at radius 3 is 2.32 bits per heavy atom. The van der Waals surface area contributed by atoms with Gasteiger partial charge in [-0.05, 0) is 49.3 Å². The molecule has 1 aromatic rings. The number of nitrogens with one attached hydrogen (secondary N) is 1. The molecule has 0 bridgehead atoms. The van der Waals surface area contributed by atoms with Gasteiger partial charge in [0.1, 0.15) is 5.75 Å². The molecule has 1 saturated heterocycles. The van der Waals surface area contributed by atoms with Gasteiger partial charge in [0.15, 0.2) is 6.23 Å². The predicted molar refractivity (Wildman–Crippen MR) is 89.1 cm³/mol. The first-order valence-corrected chi connectivity index (χ1v) is 8.27. The molecule has 0 aromatic heterocycles. The van der Waals surface area contributed by atoms with E-state index in [-0.39, 0.29) is 12.3 Å². The summed E-state index contributed by atoms with van der Waals surface area (Å²) in [7, 11) is 0. The van der Waals surface area contributed by atoms with Crippen LogP contribution in [-0.2, 0) is 0 Å². The van der Waals surface area contributed by atoms with E-state index >= 15 is 0 Å². The fourth-order valence-electron chi connectivity index (χ4n) is 2.64. The third-order valence-electron chi connectivity index (χ3n) is 4.26. The molecule has 4 heteroatoms. The third kappa shape index (κ3) is 4.65. The smallest absolute Gasteiger partial charge is 0.320 e. The normalized spacial score (nSPS) is 17.4. The maximum absolute atomic E-state index is 12.2. The van der Waals surface area contributed by atoms with Crippen LogP contribution < -0.4 is 10.1 Å². The van der Waals surface area contributed by atoms with Crippen LogP contribution in [-0.4, -0.2) is 30.2 Å². The summed E-state index contributed by atoms with van der Waals surface area (Å²) in [6.45, 7) is 10.1. The van der Waals surface area contributed by atoms with Crippen LogP contribution in [0.15, 0.2) is 24.3 Å². The van der Waals surface area contributed by atoms with Gasteiger partial charge in [-0.1, -0.05) is 32.9 Å². The van der Waals surface area contributed by atoms with Gasteiger partial charge in [0.05, 0.1) is 0 Å². The number of hydrogen-bond donors (Lipinski definition) is 1. The predicted octanol–water partition coefficient (Wildman–Crippen LogP) is 3.98. The van der Waals surface area contributed by atoms with E-state index in [0.717, 1.165) is 37.6 Å². The zero-order chi connectivity index (χ0) is 16.1. The van der Waals surface area contributed by atoms with Crippen molar-refractivity contribution < 1.29 is 9.53 Å². The van der Waals surface area contributed by atoms with Crippen LogP contribution in [0.2, 0.25) is 0 Å². The van der Waals surface area contributed by atoms with Crippen molar-refractivity contribution in [1.82, 2.24) is 10.2 Å². The maximum atomic E-state index is 12.2. The first-order valence-electron chi connectivity index (χ1n) is 8.27. The molecule has 1 heterocycles. The molecule has 1 atom stereocenters. The zero-order valence-corrected chi connectivity index (χ0v) is 14.1. The van der Waals surface area contributed by atoms with Crippen molar-refractivity contribution >= 4 is 6.03 Å². The molecule has 2 rings (SSSR count). The van der Waals surface area contributed by atoms with E-state index in [1.54, 1.807) is 0 Å². The summed E-state index contributed by atoms with van der Waals surface area (Å²) in [6.07, 6.45) is 1.83. The largest absolute Gasteiger partial charge is 0.471 e. The molecule has 122 valence electrons. The lowest BCUT2D eigenvalue weighted by Crippen LogP contribution is -2.48. The van der Waals surface area contributed by atoms with Crippen LogP contribution in [0.4, 0.5) is 4.79 Å². The van der Waals surface area contributed by atoms with E-state index in [2.05, 4.69) is 38.2 Å². The van der Waals surface area contributed by atoms with Gasteiger partial charge in [0.2, 0.25) is 0 Å². The Labute approximate surface area is 133 Å². The summed E-state index contributed by atoms with van der Waals surface area (Å²) in [5, 5.41) is 2.92. The maximum Gasteiger partial charge on any atom is 0.320 e. The van der Waals surface area contributed by atoms with Gasteiger partial charge in [0, 0.05) is 13.1 Å². The molecule has 1 aromatic carbocycles. The second kappa shape index (κ2) is 7.52. The molecule has 1 unspecified atom stereocenters. The number of rotatable bonds is 4. The van der Waals surface area contributed by atoms with E-state index in [1.165, 1.54) is 5.56 Å². The van der Waals surface area contributed by atoms with Gasteiger partial charge in [-0.15, -0.1) is 0 Å². The van der Waals surface area contributed by atoms with E-state index in [0.29, 0.717) is 5.92 Å². The van der Waals surface area contributed by atoms with Crippen molar-refractivity contribution in [2.75, 3.05) is 13.1 Å². The molecule has 2 amide bonds. The average Bonchev–Trinajstić information content (AvgIpc) is 2.48.